The fraction of sp³-hybridized carbons (Fsp3) is 0.0714. The van der Waals surface area contributed by atoms with Gasteiger partial charge in [-0.3, -0.25) is 4.40 Å². The van der Waals surface area contributed by atoms with Crippen LogP contribution in [0.25, 0.3) is 22.6 Å². The Morgan fingerprint density at radius 3 is 2.85 bits per heavy atom. The minimum atomic E-state index is 0.743. The number of nitrogens with zero attached hydrogens (tertiary/aromatic N) is 5. The van der Waals surface area contributed by atoms with Gasteiger partial charge in [0.15, 0.2) is 11.5 Å². The summed E-state index contributed by atoms with van der Waals surface area (Å²) in [6.45, 7) is 0. The summed E-state index contributed by atoms with van der Waals surface area (Å²) in [6.07, 6.45) is 7.14. The van der Waals surface area contributed by atoms with Gasteiger partial charge in [0.2, 0.25) is 0 Å². The average Bonchev–Trinajstić information content (AvgIpc) is 3.14. The lowest BCUT2D eigenvalue weighted by atomic mass is 10.2. The van der Waals surface area contributed by atoms with E-state index in [2.05, 4.69) is 15.1 Å². The van der Waals surface area contributed by atoms with Crippen molar-refractivity contribution in [2.45, 2.75) is 0 Å². The molecular formula is C14H11N5O. The van der Waals surface area contributed by atoms with Crippen LogP contribution in [0.1, 0.15) is 0 Å². The highest BCUT2D eigenvalue weighted by molar-refractivity contribution is 5.77. The summed E-state index contributed by atoms with van der Waals surface area (Å²) >= 11 is 0. The summed E-state index contributed by atoms with van der Waals surface area (Å²) < 4.78 is 9.05. The van der Waals surface area contributed by atoms with Crippen molar-refractivity contribution in [3.8, 4) is 17.1 Å². The van der Waals surface area contributed by atoms with Crippen LogP contribution >= 0.6 is 0 Å². The summed E-state index contributed by atoms with van der Waals surface area (Å²) in [7, 11) is 1.65. The van der Waals surface area contributed by atoms with Gasteiger partial charge in [-0.25, -0.2) is 14.5 Å². The van der Waals surface area contributed by atoms with Crippen LogP contribution in [-0.4, -0.2) is 31.1 Å². The molecule has 0 amide bonds. The minimum absolute atomic E-state index is 0.743. The van der Waals surface area contributed by atoms with Gasteiger partial charge in [-0.15, -0.1) is 0 Å². The molecule has 0 bridgehead atoms. The second-order valence-corrected chi connectivity index (χ2v) is 4.34. The Bertz CT molecular complexity index is 908. The normalized spacial score (nSPS) is 11.2. The molecule has 4 heterocycles. The van der Waals surface area contributed by atoms with Gasteiger partial charge < -0.3 is 4.74 Å². The molecule has 98 valence electrons. The Morgan fingerprint density at radius 1 is 1.00 bits per heavy atom. The molecule has 4 rings (SSSR count). The Balaban J connectivity index is 2.08. The largest absolute Gasteiger partial charge is 0.482 e. The van der Waals surface area contributed by atoms with E-state index in [9.17, 15) is 0 Å². The molecule has 0 spiro atoms. The third-order valence-corrected chi connectivity index (χ3v) is 3.29. The van der Waals surface area contributed by atoms with Gasteiger partial charge in [0, 0.05) is 30.2 Å². The number of ether oxygens (including phenoxy) is 1. The van der Waals surface area contributed by atoms with E-state index in [1.807, 2.05) is 34.9 Å². The Morgan fingerprint density at radius 2 is 1.95 bits per heavy atom. The van der Waals surface area contributed by atoms with Crippen LogP contribution < -0.4 is 4.74 Å². The molecule has 0 N–H and O–H groups in total. The monoisotopic (exact) mass is 265 g/mol. The molecule has 20 heavy (non-hydrogen) atoms. The van der Waals surface area contributed by atoms with Crippen LogP contribution in [0, 0.1) is 0 Å². The highest BCUT2D eigenvalue weighted by Gasteiger charge is 2.12. The molecule has 6 nitrogen and oxygen atoms in total. The number of imidazole rings is 1. The van der Waals surface area contributed by atoms with E-state index in [1.165, 1.54) is 0 Å². The van der Waals surface area contributed by atoms with Gasteiger partial charge in [-0.2, -0.15) is 5.10 Å². The van der Waals surface area contributed by atoms with Crippen molar-refractivity contribution in [1.29, 1.82) is 0 Å². The third kappa shape index (κ3) is 1.41. The van der Waals surface area contributed by atoms with Crippen molar-refractivity contribution in [2.24, 2.45) is 0 Å². The standard InChI is InChI=1S/C14H11N5O/c1-20-13-3-2-10(14-16-8-9-18(13)14)11-4-6-15-12-5-7-17-19(11)12/h2-9H,1H3. The first-order chi connectivity index (χ1) is 9.88. The smallest absolute Gasteiger partial charge is 0.199 e. The van der Waals surface area contributed by atoms with Crippen molar-refractivity contribution in [3.63, 3.8) is 0 Å². The first kappa shape index (κ1) is 11.0. The van der Waals surface area contributed by atoms with E-state index in [0.29, 0.717) is 0 Å². The van der Waals surface area contributed by atoms with Gasteiger partial charge in [-0.1, -0.05) is 0 Å². The molecule has 0 radical (unpaired) electrons. The number of pyridine rings is 1. The lowest BCUT2D eigenvalue weighted by Gasteiger charge is -2.09. The summed E-state index contributed by atoms with van der Waals surface area (Å²) in [4.78, 5) is 8.69. The zero-order valence-electron chi connectivity index (χ0n) is 10.8. The van der Waals surface area contributed by atoms with Crippen molar-refractivity contribution in [1.82, 2.24) is 24.0 Å². The maximum absolute atomic E-state index is 5.34. The Kier molecular flexibility index (Phi) is 2.23. The molecule has 6 heteroatoms. The summed E-state index contributed by atoms with van der Waals surface area (Å²) in [5.74, 6) is 0.743. The molecule has 0 aliphatic heterocycles. The highest BCUT2D eigenvalue weighted by Crippen LogP contribution is 2.27. The first-order valence-corrected chi connectivity index (χ1v) is 6.17. The number of rotatable bonds is 2. The number of fused-ring (bicyclic) bond motifs is 2. The number of hydrogen-bond donors (Lipinski definition) is 0. The topological polar surface area (TPSA) is 56.7 Å². The van der Waals surface area contributed by atoms with Gasteiger partial charge in [-0.05, 0) is 18.2 Å². The molecular weight excluding hydrogens is 254 g/mol. The van der Waals surface area contributed by atoms with Crippen molar-refractivity contribution in [3.05, 3.63) is 49.1 Å². The Labute approximate surface area is 114 Å². The lowest BCUT2D eigenvalue weighted by Crippen LogP contribution is -1.99. The number of methoxy groups -OCH3 is 1. The zero-order valence-corrected chi connectivity index (χ0v) is 10.8. The predicted molar refractivity (Wildman–Crippen MR) is 73.7 cm³/mol. The summed E-state index contributed by atoms with van der Waals surface area (Å²) in [5.41, 5.74) is 3.56. The maximum atomic E-state index is 5.34. The molecule has 0 aliphatic carbocycles. The molecule has 0 saturated carbocycles. The molecule has 0 saturated heterocycles. The third-order valence-electron chi connectivity index (χ3n) is 3.29. The lowest BCUT2D eigenvalue weighted by molar-refractivity contribution is 0.392. The predicted octanol–water partition coefficient (Wildman–Crippen LogP) is 2.05. The van der Waals surface area contributed by atoms with E-state index in [4.69, 9.17) is 4.74 Å². The number of aromatic nitrogens is 5. The fourth-order valence-corrected chi connectivity index (χ4v) is 2.39. The SMILES string of the molecule is COc1ccc(-c2ccnc3ccnn23)c2nccn12. The van der Waals surface area contributed by atoms with Crippen LogP contribution in [0.15, 0.2) is 49.1 Å². The van der Waals surface area contributed by atoms with Gasteiger partial charge in [0.25, 0.3) is 0 Å². The fourth-order valence-electron chi connectivity index (χ4n) is 2.39. The van der Waals surface area contributed by atoms with Gasteiger partial charge in [0.1, 0.15) is 5.65 Å². The number of hydrogen-bond acceptors (Lipinski definition) is 4. The zero-order chi connectivity index (χ0) is 13.5. The van der Waals surface area contributed by atoms with E-state index < -0.39 is 0 Å². The second kappa shape index (κ2) is 4.06. The summed E-state index contributed by atoms with van der Waals surface area (Å²) in [5, 5.41) is 4.31. The van der Waals surface area contributed by atoms with Crippen LogP contribution in [0.3, 0.4) is 0 Å². The van der Waals surface area contributed by atoms with E-state index >= 15 is 0 Å². The minimum Gasteiger partial charge on any atom is -0.482 e. The maximum Gasteiger partial charge on any atom is 0.199 e. The van der Waals surface area contributed by atoms with Crippen LogP contribution in [0.4, 0.5) is 0 Å². The van der Waals surface area contributed by atoms with Crippen molar-refractivity contribution < 1.29 is 4.74 Å². The first-order valence-electron chi connectivity index (χ1n) is 6.17. The van der Waals surface area contributed by atoms with E-state index in [-0.39, 0.29) is 0 Å². The van der Waals surface area contributed by atoms with Crippen LogP contribution in [0.5, 0.6) is 5.88 Å². The molecule has 0 unspecified atom stereocenters. The van der Waals surface area contributed by atoms with Crippen LogP contribution in [-0.2, 0) is 0 Å². The van der Waals surface area contributed by atoms with Crippen molar-refractivity contribution >= 4 is 11.3 Å². The quantitative estimate of drug-likeness (QED) is 0.556. The van der Waals surface area contributed by atoms with E-state index in [1.54, 1.807) is 30.2 Å². The Hall–Kier alpha value is -2.89. The molecule has 0 atom stereocenters. The van der Waals surface area contributed by atoms with Crippen molar-refractivity contribution in [2.75, 3.05) is 7.11 Å². The molecule has 0 aliphatic rings. The highest BCUT2D eigenvalue weighted by atomic mass is 16.5. The van der Waals surface area contributed by atoms with E-state index in [0.717, 1.165) is 28.4 Å². The van der Waals surface area contributed by atoms with Gasteiger partial charge >= 0.3 is 0 Å². The molecule has 0 fully saturated rings. The van der Waals surface area contributed by atoms with Gasteiger partial charge in [0.05, 0.1) is 19.0 Å². The molecule has 0 aromatic carbocycles. The summed E-state index contributed by atoms with van der Waals surface area (Å²) in [6, 6.07) is 7.70. The van der Waals surface area contributed by atoms with Crippen LogP contribution in [0.2, 0.25) is 0 Å². The molecule has 4 aromatic heterocycles. The molecule has 4 aromatic rings. The second-order valence-electron chi connectivity index (χ2n) is 4.34. The average molecular weight is 265 g/mol.